The van der Waals surface area contributed by atoms with Crippen LogP contribution in [-0.4, -0.2) is 12.1 Å². The highest BCUT2D eigenvalue weighted by atomic mass is 16.5. The molecule has 0 radical (unpaired) electrons. The second-order valence-electron chi connectivity index (χ2n) is 5.34. The molecule has 20 heavy (non-hydrogen) atoms. The lowest BCUT2D eigenvalue weighted by Gasteiger charge is -2.08. The van der Waals surface area contributed by atoms with Crippen molar-refractivity contribution in [2.75, 3.05) is 7.11 Å². The van der Waals surface area contributed by atoms with Crippen LogP contribution in [-0.2, 0) is 12.8 Å². The molecule has 0 unspecified atom stereocenters. The SMILES string of the molecule is COc1ccc2[nH]c3ccc4c(c3c(=O)c2c1)CCC4. The third-order valence-electron chi connectivity index (χ3n) is 4.25. The number of H-pyrrole nitrogens is 1. The first-order chi connectivity index (χ1) is 9.78. The molecular formula is C17H15NO2. The van der Waals surface area contributed by atoms with E-state index in [1.54, 1.807) is 7.11 Å². The van der Waals surface area contributed by atoms with E-state index in [2.05, 4.69) is 11.1 Å². The summed E-state index contributed by atoms with van der Waals surface area (Å²) >= 11 is 0. The average molecular weight is 265 g/mol. The lowest BCUT2D eigenvalue weighted by atomic mass is 10.0. The molecule has 3 heteroatoms. The Morgan fingerprint density at radius 1 is 1.10 bits per heavy atom. The summed E-state index contributed by atoms with van der Waals surface area (Å²) in [6, 6.07) is 9.78. The first-order valence-electron chi connectivity index (χ1n) is 6.92. The molecule has 0 amide bonds. The minimum absolute atomic E-state index is 0.117. The second-order valence-corrected chi connectivity index (χ2v) is 5.34. The fraction of sp³-hybridized carbons (Fsp3) is 0.235. The number of nitrogens with one attached hydrogen (secondary N) is 1. The molecule has 3 aromatic rings. The molecule has 4 rings (SSSR count). The van der Waals surface area contributed by atoms with Crippen LogP contribution in [0.2, 0.25) is 0 Å². The molecule has 3 nitrogen and oxygen atoms in total. The number of aryl methyl sites for hydroxylation is 2. The molecule has 1 aliphatic rings. The van der Waals surface area contributed by atoms with Crippen molar-refractivity contribution < 1.29 is 4.74 Å². The van der Waals surface area contributed by atoms with Gasteiger partial charge in [0.15, 0.2) is 5.43 Å². The van der Waals surface area contributed by atoms with E-state index < -0.39 is 0 Å². The van der Waals surface area contributed by atoms with Crippen molar-refractivity contribution in [3.8, 4) is 5.75 Å². The molecule has 0 aliphatic heterocycles. The number of hydrogen-bond donors (Lipinski definition) is 1. The third-order valence-corrected chi connectivity index (χ3v) is 4.25. The Labute approximate surface area is 116 Å². The van der Waals surface area contributed by atoms with Gasteiger partial charge in [-0.1, -0.05) is 6.07 Å². The zero-order chi connectivity index (χ0) is 13.7. The van der Waals surface area contributed by atoms with E-state index in [-0.39, 0.29) is 5.43 Å². The minimum Gasteiger partial charge on any atom is -0.497 e. The van der Waals surface area contributed by atoms with Gasteiger partial charge in [-0.15, -0.1) is 0 Å². The normalized spacial score (nSPS) is 13.8. The summed E-state index contributed by atoms with van der Waals surface area (Å²) in [4.78, 5) is 16.2. The van der Waals surface area contributed by atoms with Gasteiger partial charge in [0.25, 0.3) is 0 Å². The monoisotopic (exact) mass is 265 g/mol. The van der Waals surface area contributed by atoms with Crippen LogP contribution in [0.5, 0.6) is 5.75 Å². The quantitative estimate of drug-likeness (QED) is 0.687. The lowest BCUT2D eigenvalue weighted by Crippen LogP contribution is -2.07. The fourth-order valence-electron chi connectivity index (χ4n) is 3.26. The van der Waals surface area contributed by atoms with Crippen molar-refractivity contribution in [3.05, 3.63) is 51.7 Å². The van der Waals surface area contributed by atoms with E-state index in [0.717, 1.165) is 41.4 Å². The van der Waals surface area contributed by atoms with Crippen molar-refractivity contribution in [2.45, 2.75) is 19.3 Å². The summed E-state index contributed by atoms with van der Waals surface area (Å²) in [7, 11) is 1.62. The second kappa shape index (κ2) is 4.10. The molecular weight excluding hydrogens is 250 g/mol. The maximum absolute atomic E-state index is 12.8. The van der Waals surface area contributed by atoms with Crippen molar-refractivity contribution in [3.63, 3.8) is 0 Å². The summed E-state index contributed by atoms with van der Waals surface area (Å²) in [6.07, 6.45) is 3.23. The Balaban J connectivity index is 2.19. The van der Waals surface area contributed by atoms with E-state index in [1.807, 2.05) is 24.3 Å². The van der Waals surface area contributed by atoms with Gasteiger partial charge in [0.05, 0.1) is 18.1 Å². The predicted octanol–water partition coefficient (Wildman–Crippen LogP) is 3.18. The fourth-order valence-corrected chi connectivity index (χ4v) is 3.26. The van der Waals surface area contributed by atoms with Crippen LogP contribution >= 0.6 is 0 Å². The zero-order valence-corrected chi connectivity index (χ0v) is 11.3. The molecule has 0 spiro atoms. The number of benzene rings is 2. The summed E-state index contributed by atoms with van der Waals surface area (Å²) in [5.41, 5.74) is 4.47. The van der Waals surface area contributed by atoms with Gasteiger partial charge in [0, 0.05) is 10.8 Å². The highest BCUT2D eigenvalue weighted by molar-refractivity contribution is 5.95. The Kier molecular flexibility index (Phi) is 2.36. The van der Waals surface area contributed by atoms with Crippen LogP contribution in [0, 0.1) is 0 Å². The average Bonchev–Trinajstić information content (AvgIpc) is 2.95. The molecule has 1 aromatic heterocycles. The number of fused-ring (bicyclic) bond motifs is 4. The molecule has 2 aromatic carbocycles. The Morgan fingerprint density at radius 2 is 1.95 bits per heavy atom. The summed E-state index contributed by atoms with van der Waals surface area (Å²) in [6.45, 7) is 0. The topological polar surface area (TPSA) is 42.1 Å². The lowest BCUT2D eigenvalue weighted by molar-refractivity contribution is 0.415. The first kappa shape index (κ1) is 11.5. The van der Waals surface area contributed by atoms with Crippen LogP contribution in [0.1, 0.15) is 17.5 Å². The van der Waals surface area contributed by atoms with Gasteiger partial charge in [-0.05, 0) is 54.7 Å². The Hall–Kier alpha value is -2.29. The molecule has 0 fully saturated rings. The van der Waals surface area contributed by atoms with Gasteiger partial charge in [-0.3, -0.25) is 4.79 Å². The Morgan fingerprint density at radius 3 is 2.80 bits per heavy atom. The summed E-state index contributed by atoms with van der Waals surface area (Å²) < 4.78 is 5.23. The number of ether oxygens (including phenoxy) is 1. The molecule has 1 aliphatic carbocycles. The highest BCUT2D eigenvalue weighted by Gasteiger charge is 2.17. The molecule has 0 bridgehead atoms. The molecule has 0 atom stereocenters. The smallest absolute Gasteiger partial charge is 0.197 e. The standard InChI is InChI=1S/C17H15NO2/c1-20-11-6-8-14-13(9-11)17(19)16-12-4-2-3-10(12)5-7-15(16)18-14/h5-9H,2-4H2,1H3,(H,18,19). The zero-order valence-electron chi connectivity index (χ0n) is 11.3. The van der Waals surface area contributed by atoms with Crippen LogP contribution < -0.4 is 10.2 Å². The molecule has 1 heterocycles. The number of rotatable bonds is 1. The molecule has 1 N–H and O–H groups in total. The number of pyridine rings is 1. The molecule has 100 valence electrons. The van der Waals surface area contributed by atoms with Crippen LogP contribution in [0.25, 0.3) is 21.8 Å². The van der Waals surface area contributed by atoms with Crippen molar-refractivity contribution in [1.29, 1.82) is 0 Å². The van der Waals surface area contributed by atoms with Crippen molar-refractivity contribution >= 4 is 21.8 Å². The predicted molar refractivity (Wildman–Crippen MR) is 80.7 cm³/mol. The van der Waals surface area contributed by atoms with E-state index in [1.165, 1.54) is 11.1 Å². The van der Waals surface area contributed by atoms with E-state index in [9.17, 15) is 4.79 Å². The first-order valence-corrected chi connectivity index (χ1v) is 6.92. The molecule has 0 saturated heterocycles. The third kappa shape index (κ3) is 1.49. The van der Waals surface area contributed by atoms with Gasteiger partial charge in [-0.2, -0.15) is 0 Å². The number of aromatic nitrogens is 1. The van der Waals surface area contributed by atoms with Crippen LogP contribution in [0.15, 0.2) is 35.1 Å². The highest BCUT2D eigenvalue weighted by Crippen LogP contribution is 2.29. The summed E-state index contributed by atoms with van der Waals surface area (Å²) in [5, 5.41) is 1.57. The largest absolute Gasteiger partial charge is 0.497 e. The Bertz CT molecular complexity index is 893. The van der Waals surface area contributed by atoms with E-state index >= 15 is 0 Å². The number of hydrogen-bond acceptors (Lipinski definition) is 2. The maximum atomic E-state index is 12.8. The van der Waals surface area contributed by atoms with E-state index in [0.29, 0.717) is 5.39 Å². The minimum atomic E-state index is 0.117. The number of methoxy groups -OCH3 is 1. The van der Waals surface area contributed by atoms with Gasteiger partial charge in [-0.25, -0.2) is 0 Å². The summed E-state index contributed by atoms with van der Waals surface area (Å²) in [5.74, 6) is 0.718. The molecule has 0 saturated carbocycles. The van der Waals surface area contributed by atoms with E-state index in [4.69, 9.17) is 4.74 Å². The van der Waals surface area contributed by atoms with Crippen LogP contribution in [0.3, 0.4) is 0 Å². The van der Waals surface area contributed by atoms with Crippen molar-refractivity contribution in [2.24, 2.45) is 0 Å². The van der Waals surface area contributed by atoms with Crippen LogP contribution in [0.4, 0.5) is 0 Å². The number of aromatic amines is 1. The maximum Gasteiger partial charge on any atom is 0.197 e. The van der Waals surface area contributed by atoms with Gasteiger partial charge in [0.2, 0.25) is 0 Å². The van der Waals surface area contributed by atoms with Gasteiger partial charge < -0.3 is 9.72 Å². The van der Waals surface area contributed by atoms with Gasteiger partial charge >= 0.3 is 0 Å². The van der Waals surface area contributed by atoms with Crippen molar-refractivity contribution in [1.82, 2.24) is 4.98 Å². The van der Waals surface area contributed by atoms with Gasteiger partial charge in [0.1, 0.15) is 5.75 Å².